The maximum absolute atomic E-state index is 3.73. The van der Waals surface area contributed by atoms with Gasteiger partial charge in [0.1, 0.15) is 0 Å². The van der Waals surface area contributed by atoms with E-state index in [1.165, 1.54) is 18.6 Å². The molecule has 0 heterocycles. The summed E-state index contributed by atoms with van der Waals surface area (Å²) in [5.74, 6) is 4.93. The highest BCUT2D eigenvalue weighted by atomic mass is 32.2. The summed E-state index contributed by atoms with van der Waals surface area (Å²) < 4.78 is 0. The van der Waals surface area contributed by atoms with Crippen molar-refractivity contribution in [2.75, 3.05) is 18.1 Å². The van der Waals surface area contributed by atoms with Crippen molar-refractivity contribution < 1.29 is 0 Å². The van der Waals surface area contributed by atoms with Crippen molar-refractivity contribution in [1.82, 2.24) is 5.32 Å². The van der Waals surface area contributed by atoms with Gasteiger partial charge in [0, 0.05) is 24.1 Å². The zero-order valence-corrected chi connectivity index (χ0v) is 11.0. The van der Waals surface area contributed by atoms with Gasteiger partial charge in [-0.15, -0.1) is 6.58 Å². The maximum Gasteiger partial charge on any atom is 0.0111 e. The van der Waals surface area contributed by atoms with Gasteiger partial charge in [0.2, 0.25) is 0 Å². The zero-order chi connectivity index (χ0) is 11.4. The Hall–Kier alpha value is -0.210. The van der Waals surface area contributed by atoms with Crippen molar-refractivity contribution in [3.8, 4) is 0 Å². The third kappa shape index (κ3) is 2.92. The van der Waals surface area contributed by atoms with Crippen LogP contribution in [-0.4, -0.2) is 24.1 Å². The summed E-state index contributed by atoms with van der Waals surface area (Å²) in [6, 6.07) is 0.685. The van der Waals surface area contributed by atoms with E-state index in [1.54, 1.807) is 0 Å². The Morgan fingerprint density at radius 3 is 3.00 bits per heavy atom. The molecule has 2 heteroatoms. The average molecular weight is 237 g/mol. The monoisotopic (exact) mass is 237 g/mol. The number of allylic oxidation sites excluding steroid dienone is 2. The van der Waals surface area contributed by atoms with Crippen LogP contribution in [0.5, 0.6) is 0 Å². The third-order valence-corrected chi connectivity index (χ3v) is 4.89. The lowest BCUT2D eigenvalue weighted by Gasteiger charge is -2.26. The Balaban J connectivity index is 1.63. The molecular formula is C14H23NS. The van der Waals surface area contributed by atoms with Gasteiger partial charge in [0.05, 0.1) is 0 Å². The van der Waals surface area contributed by atoms with Gasteiger partial charge in [-0.25, -0.2) is 0 Å². The molecule has 2 aliphatic rings. The van der Waals surface area contributed by atoms with Crippen LogP contribution in [0, 0.1) is 17.8 Å². The lowest BCUT2D eigenvalue weighted by molar-refractivity contribution is 0.333. The summed E-state index contributed by atoms with van der Waals surface area (Å²) in [6.07, 6.45) is 9.68. The van der Waals surface area contributed by atoms with E-state index in [0.717, 1.165) is 30.1 Å². The molecule has 0 aliphatic heterocycles. The summed E-state index contributed by atoms with van der Waals surface area (Å²) in [7, 11) is 0. The van der Waals surface area contributed by atoms with Gasteiger partial charge in [0.15, 0.2) is 0 Å². The summed E-state index contributed by atoms with van der Waals surface area (Å²) in [6.45, 7) is 7.23. The van der Waals surface area contributed by atoms with Crippen LogP contribution in [-0.2, 0) is 0 Å². The predicted octanol–water partition coefficient (Wildman–Crippen LogP) is 3.10. The van der Waals surface area contributed by atoms with Gasteiger partial charge < -0.3 is 5.32 Å². The van der Waals surface area contributed by atoms with E-state index < -0.39 is 0 Å². The van der Waals surface area contributed by atoms with Crippen LogP contribution < -0.4 is 5.32 Å². The lowest BCUT2D eigenvalue weighted by atomic mass is 9.87. The van der Waals surface area contributed by atoms with Crippen molar-refractivity contribution in [2.45, 2.75) is 25.8 Å². The Morgan fingerprint density at radius 2 is 2.38 bits per heavy atom. The van der Waals surface area contributed by atoms with Gasteiger partial charge in [-0.05, 0) is 37.5 Å². The molecule has 0 aromatic carbocycles. The highest BCUT2D eigenvalue weighted by Crippen LogP contribution is 2.44. The molecule has 4 unspecified atom stereocenters. The first kappa shape index (κ1) is 12.3. The smallest absolute Gasteiger partial charge is 0.0111 e. The largest absolute Gasteiger partial charge is 0.313 e. The van der Waals surface area contributed by atoms with Crippen molar-refractivity contribution >= 4 is 11.8 Å². The molecule has 0 aromatic rings. The Morgan fingerprint density at radius 1 is 1.50 bits per heavy atom. The minimum absolute atomic E-state index is 0.685. The first-order valence-electron chi connectivity index (χ1n) is 6.41. The lowest BCUT2D eigenvalue weighted by Crippen LogP contribution is -2.36. The fraction of sp³-hybridized carbons (Fsp3) is 0.714. The molecule has 2 rings (SSSR count). The molecule has 1 saturated carbocycles. The van der Waals surface area contributed by atoms with E-state index in [-0.39, 0.29) is 0 Å². The van der Waals surface area contributed by atoms with Crippen molar-refractivity contribution in [2.24, 2.45) is 17.8 Å². The molecule has 4 atom stereocenters. The first-order valence-corrected chi connectivity index (χ1v) is 7.57. The average Bonchev–Trinajstić information content (AvgIpc) is 2.90. The topological polar surface area (TPSA) is 12.0 Å². The molecule has 1 nitrogen and oxygen atoms in total. The zero-order valence-electron chi connectivity index (χ0n) is 10.2. The molecule has 0 spiro atoms. The third-order valence-electron chi connectivity index (χ3n) is 3.92. The molecule has 0 aromatic heterocycles. The fourth-order valence-corrected chi connectivity index (χ4v) is 3.67. The molecule has 1 fully saturated rings. The normalized spacial score (nSPS) is 33.2. The first-order chi connectivity index (χ1) is 7.81. The fourth-order valence-electron chi connectivity index (χ4n) is 3.07. The molecule has 2 aliphatic carbocycles. The summed E-state index contributed by atoms with van der Waals surface area (Å²) in [5, 5.41) is 3.68. The van der Waals surface area contributed by atoms with E-state index >= 15 is 0 Å². The number of nitrogens with one attached hydrogen (secondary N) is 1. The van der Waals surface area contributed by atoms with Crippen molar-refractivity contribution in [3.63, 3.8) is 0 Å². The van der Waals surface area contributed by atoms with Crippen LogP contribution in [0.2, 0.25) is 0 Å². The Kier molecular flexibility index (Phi) is 4.54. The van der Waals surface area contributed by atoms with Crippen LogP contribution in [0.25, 0.3) is 0 Å². The van der Waals surface area contributed by atoms with Crippen LogP contribution in [0.15, 0.2) is 24.8 Å². The van der Waals surface area contributed by atoms with E-state index in [0.29, 0.717) is 6.04 Å². The highest BCUT2D eigenvalue weighted by molar-refractivity contribution is 7.99. The van der Waals surface area contributed by atoms with Crippen molar-refractivity contribution in [3.05, 3.63) is 24.8 Å². The van der Waals surface area contributed by atoms with Crippen molar-refractivity contribution in [1.29, 1.82) is 0 Å². The van der Waals surface area contributed by atoms with Crippen LogP contribution in [0.3, 0.4) is 0 Å². The van der Waals surface area contributed by atoms with Crippen LogP contribution in [0.1, 0.15) is 19.8 Å². The minimum Gasteiger partial charge on any atom is -0.313 e. The van der Waals surface area contributed by atoms with Gasteiger partial charge in [-0.1, -0.05) is 18.2 Å². The summed E-state index contributed by atoms with van der Waals surface area (Å²) in [4.78, 5) is 0. The van der Waals surface area contributed by atoms with Gasteiger partial charge >= 0.3 is 0 Å². The molecule has 1 N–H and O–H groups in total. The van der Waals surface area contributed by atoms with Gasteiger partial charge in [-0.3, -0.25) is 0 Å². The molecular weight excluding hydrogens is 214 g/mol. The van der Waals surface area contributed by atoms with Crippen LogP contribution >= 0.6 is 11.8 Å². The van der Waals surface area contributed by atoms with Crippen LogP contribution in [0.4, 0.5) is 0 Å². The molecule has 0 saturated heterocycles. The number of fused-ring (bicyclic) bond motifs is 2. The molecule has 16 heavy (non-hydrogen) atoms. The Labute approximate surface area is 104 Å². The maximum atomic E-state index is 3.73. The SMILES string of the molecule is C=CCSCCNC(C)C1CC2C=CC1C2. The standard InChI is InChI=1S/C14H23NS/c1-3-7-16-8-6-15-11(2)14-10-12-4-5-13(14)9-12/h3-5,11-15H,1,6-10H2,2H3. The summed E-state index contributed by atoms with van der Waals surface area (Å²) in [5.41, 5.74) is 0. The molecule has 90 valence electrons. The van der Waals surface area contributed by atoms with Gasteiger partial charge in [-0.2, -0.15) is 11.8 Å². The molecule has 2 bridgehead atoms. The van der Waals surface area contributed by atoms with E-state index in [1.807, 2.05) is 17.8 Å². The Bertz CT molecular complexity index is 261. The van der Waals surface area contributed by atoms with Gasteiger partial charge in [0.25, 0.3) is 0 Å². The molecule has 0 amide bonds. The summed E-state index contributed by atoms with van der Waals surface area (Å²) >= 11 is 1.96. The second-order valence-corrected chi connectivity index (χ2v) is 6.20. The predicted molar refractivity (Wildman–Crippen MR) is 73.8 cm³/mol. The van der Waals surface area contributed by atoms with E-state index in [9.17, 15) is 0 Å². The number of hydrogen-bond acceptors (Lipinski definition) is 2. The minimum atomic E-state index is 0.685. The molecule has 0 radical (unpaired) electrons. The number of rotatable bonds is 7. The second-order valence-electron chi connectivity index (χ2n) is 5.05. The number of hydrogen-bond donors (Lipinski definition) is 1. The quantitative estimate of drug-likeness (QED) is 0.539. The second kappa shape index (κ2) is 5.92. The van der Waals surface area contributed by atoms with E-state index in [2.05, 4.69) is 31.0 Å². The highest BCUT2D eigenvalue weighted by Gasteiger charge is 2.38. The number of thioether (sulfide) groups is 1. The van der Waals surface area contributed by atoms with E-state index in [4.69, 9.17) is 0 Å².